The SMILES string of the molecule is C/C(=C\c1ccccc1)[C@@H]1C(=O)N(c2c(C)cccc2C)CC(=O)N1c1ccc(Cl)cc1. The number of halogens is 1. The lowest BCUT2D eigenvalue weighted by molar-refractivity contribution is -0.127. The first-order valence-corrected chi connectivity index (χ1v) is 10.9. The van der Waals surface area contributed by atoms with E-state index in [1.54, 1.807) is 34.1 Å². The number of nitrogens with zero attached hydrogens (tertiary/aromatic N) is 2. The third-order valence-electron chi connectivity index (χ3n) is 5.76. The first kappa shape index (κ1) is 21.8. The molecule has 32 heavy (non-hydrogen) atoms. The Balaban J connectivity index is 1.83. The molecular formula is C27H25ClN2O2. The molecular weight excluding hydrogens is 420 g/mol. The highest BCUT2D eigenvalue weighted by Crippen LogP contribution is 2.33. The smallest absolute Gasteiger partial charge is 0.254 e. The molecule has 1 aliphatic rings. The summed E-state index contributed by atoms with van der Waals surface area (Å²) in [4.78, 5) is 30.6. The van der Waals surface area contributed by atoms with Crippen LogP contribution in [0.3, 0.4) is 0 Å². The van der Waals surface area contributed by atoms with E-state index in [1.807, 2.05) is 75.4 Å². The first-order valence-electron chi connectivity index (χ1n) is 10.6. The number of anilines is 2. The van der Waals surface area contributed by atoms with Crippen molar-refractivity contribution in [3.05, 3.63) is 100 Å². The maximum absolute atomic E-state index is 13.9. The monoisotopic (exact) mass is 444 g/mol. The minimum atomic E-state index is -0.753. The van der Waals surface area contributed by atoms with Crippen molar-refractivity contribution in [3.8, 4) is 0 Å². The molecule has 1 fully saturated rings. The summed E-state index contributed by atoms with van der Waals surface area (Å²) in [6, 6.07) is 22.0. The number of para-hydroxylation sites is 1. The van der Waals surface area contributed by atoms with Crippen LogP contribution in [0, 0.1) is 13.8 Å². The van der Waals surface area contributed by atoms with Gasteiger partial charge in [-0.05, 0) is 67.3 Å². The average Bonchev–Trinajstić information content (AvgIpc) is 2.77. The van der Waals surface area contributed by atoms with Crippen LogP contribution in [0.1, 0.15) is 23.6 Å². The molecule has 0 N–H and O–H groups in total. The Morgan fingerprint density at radius 3 is 2.16 bits per heavy atom. The highest BCUT2D eigenvalue weighted by Gasteiger charge is 2.42. The Labute approximate surface area is 193 Å². The average molecular weight is 445 g/mol. The molecule has 0 spiro atoms. The maximum Gasteiger partial charge on any atom is 0.254 e. The second-order valence-corrected chi connectivity index (χ2v) is 8.54. The van der Waals surface area contributed by atoms with Gasteiger partial charge in [-0.15, -0.1) is 0 Å². The lowest BCUT2D eigenvalue weighted by Crippen LogP contribution is -2.61. The summed E-state index contributed by atoms with van der Waals surface area (Å²) in [5, 5.41) is 0.579. The van der Waals surface area contributed by atoms with Crippen LogP contribution in [0.25, 0.3) is 6.08 Å². The highest BCUT2D eigenvalue weighted by molar-refractivity contribution is 6.30. The van der Waals surface area contributed by atoms with E-state index in [0.29, 0.717) is 10.7 Å². The summed E-state index contributed by atoms with van der Waals surface area (Å²) in [7, 11) is 0. The number of carbonyl (C=O) groups is 2. The number of aryl methyl sites for hydroxylation is 2. The van der Waals surface area contributed by atoms with Crippen LogP contribution in [0.2, 0.25) is 5.02 Å². The van der Waals surface area contributed by atoms with Crippen molar-refractivity contribution in [1.29, 1.82) is 0 Å². The zero-order valence-corrected chi connectivity index (χ0v) is 19.1. The van der Waals surface area contributed by atoms with E-state index in [9.17, 15) is 9.59 Å². The minimum absolute atomic E-state index is 0.0116. The first-order chi connectivity index (χ1) is 15.4. The molecule has 1 saturated heterocycles. The van der Waals surface area contributed by atoms with Crippen molar-refractivity contribution in [2.45, 2.75) is 26.8 Å². The molecule has 1 atom stereocenters. The van der Waals surface area contributed by atoms with Gasteiger partial charge in [0.2, 0.25) is 5.91 Å². The summed E-state index contributed by atoms with van der Waals surface area (Å²) in [6.07, 6.45) is 1.97. The minimum Gasteiger partial charge on any atom is -0.300 e. The van der Waals surface area contributed by atoms with Gasteiger partial charge in [-0.3, -0.25) is 14.5 Å². The third-order valence-corrected chi connectivity index (χ3v) is 6.01. The fourth-order valence-corrected chi connectivity index (χ4v) is 4.42. The molecule has 2 amide bonds. The molecule has 4 nitrogen and oxygen atoms in total. The van der Waals surface area contributed by atoms with Crippen LogP contribution in [0.4, 0.5) is 11.4 Å². The van der Waals surface area contributed by atoms with Crippen LogP contribution in [-0.4, -0.2) is 24.4 Å². The van der Waals surface area contributed by atoms with Crippen LogP contribution in [0.15, 0.2) is 78.4 Å². The summed E-state index contributed by atoms with van der Waals surface area (Å²) >= 11 is 6.07. The fourth-order valence-electron chi connectivity index (χ4n) is 4.30. The van der Waals surface area contributed by atoms with Crippen molar-refractivity contribution in [2.75, 3.05) is 16.3 Å². The number of benzene rings is 3. The van der Waals surface area contributed by atoms with Crippen molar-refractivity contribution >= 4 is 40.9 Å². The second kappa shape index (κ2) is 9.01. The second-order valence-electron chi connectivity index (χ2n) is 8.11. The lowest BCUT2D eigenvalue weighted by atomic mass is 9.97. The van der Waals surface area contributed by atoms with E-state index in [4.69, 9.17) is 11.6 Å². The Hall–Kier alpha value is -3.37. The van der Waals surface area contributed by atoms with Gasteiger partial charge in [0.1, 0.15) is 12.6 Å². The Morgan fingerprint density at radius 2 is 1.53 bits per heavy atom. The predicted octanol–water partition coefficient (Wildman–Crippen LogP) is 5.81. The van der Waals surface area contributed by atoms with E-state index >= 15 is 0 Å². The summed E-state index contributed by atoms with van der Waals surface area (Å²) < 4.78 is 0. The van der Waals surface area contributed by atoms with Crippen LogP contribution >= 0.6 is 11.6 Å². The number of carbonyl (C=O) groups excluding carboxylic acids is 2. The van der Waals surface area contributed by atoms with Gasteiger partial charge in [-0.2, -0.15) is 0 Å². The normalized spacial score (nSPS) is 17.1. The molecule has 5 heteroatoms. The lowest BCUT2D eigenvalue weighted by Gasteiger charge is -2.41. The van der Waals surface area contributed by atoms with Crippen molar-refractivity contribution < 1.29 is 9.59 Å². The summed E-state index contributed by atoms with van der Waals surface area (Å²) in [5.74, 6) is -0.262. The molecule has 3 aromatic carbocycles. The fraction of sp³-hybridized carbons (Fsp3) is 0.185. The maximum atomic E-state index is 13.9. The molecule has 0 radical (unpaired) electrons. The van der Waals surface area contributed by atoms with E-state index < -0.39 is 6.04 Å². The molecule has 0 bridgehead atoms. The number of hydrogen-bond donors (Lipinski definition) is 0. The molecule has 1 heterocycles. The molecule has 162 valence electrons. The van der Waals surface area contributed by atoms with E-state index in [-0.39, 0.29) is 18.4 Å². The summed E-state index contributed by atoms with van der Waals surface area (Å²) in [6.45, 7) is 5.82. The number of piperazine rings is 1. The molecule has 4 rings (SSSR count). The van der Waals surface area contributed by atoms with Gasteiger partial charge in [-0.25, -0.2) is 0 Å². The molecule has 0 aliphatic carbocycles. The quantitative estimate of drug-likeness (QED) is 0.509. The van der Waals surface area contributed by atoms with Crippen molar-refractivity contribution in [3.63, 3.8) is 0 Å². The molecule has 1 aliphatic heterocycles. The highest BCUT2D eigenvalue weighted by atomic mass is 35.5. The van der Waals surface area contributed by atoms with E-state index in [2.05, 4.69) is 0 Å². The number of rotatable bonds is 4. The third kappa shape index (κ3) is 4.19. The molecule has 0 aromatic heterocycles. The van der Waals surface area contributed by atoms with Gasteiger partial charge in [0.25, 0.3) is 5.91 Å². The zero-order valence-electron chi connectivity index (χ0n) is 18.4. The molecule has 0 saturated carbocycles. The van der Waals surface area contributed by atoms with Crippen LogP contribution < -0.4 is 9.80 Å². The zero-order chi connectivity index (χ0) is 22.8. The van der Waals surface area contributed by atoms with Gasteiger partial charge < -0.3 is 4.90 Å². The van der Waals surface area contributed by atoms with Gasteiger partial charge in [0.05, 0.1) is 5.69 Å². The Bertz CT molecular complexity index is 1170. The number of hydrogen-bond acceptors (Lipinski definition) is 2. The van der Waals surface area contributed by atoms with Crippen LogP contribution in [-0.2, 0) is 9.59 Å². The standard InChI is InChI=1S/C27H25ClN2O2/c1-18-8-7-9-19(2)25(18)29-17-24(31)30(23-14-12-22(28)13-15-23)26(27(29)32)20(3)16-21-10-5-4-6-11-21/h4-16,26H,17H2,1-3H3/b20-16+/t26-/m1/s1. The van der Waals surface area contributed by atoms with Crippen molar-refractivity contribution in [1.82, 2.24) is 0 Å². The number of amides is 2. The Morgan fingerprint density at radius 1 is 0.906 bits per heavy atom. The summed E-state index contributed by atoms with van der Waals surface area (Å²) in [5.41, 5.74) is 5.16. The molecule has 3 aromatic rings. The van der Waals surface area contributed by atoms with E-state index in [1.165, 1.54) is 0 Å². The van der Waals surface area contributed by atoms with Gasteiger partial charge in [0.15, 0.2) is 0 Å². The Kier molecular flexibility index (Phi) is 6.15. The van der Waals surface area contributed by atoms with Gasteiger partial charge in [-0.1, -0.05) is 66.2 Å². The van der Waals surface area contributed by atoms with Crippen molar-refractivity contribution in [2.24, 2.45) is 0 Å². The van der Waals surface area contributed by atoms with Crippen LogP contribution in [0.5, 0.6) is 0 Å². The predicted molar refractivity (Wildman–Crippen MR) is 131 cm³/mol. The van der Waals surface area contributed by atoms with E-state index in [0.717, 1.165) is 28.0 Å². The molecule has 0 unspecified atom stereocenters. The topological polar surface area (TPSA) is 40.6 Å². The van der Waals surface area contributed by atoms with Gasteiger partial charge in [0, 0.05) is 10.7 Å². The largest absolute Gasteiger partial charge is 0.300 e. The van der Waals surface area contributed by atoms with Gasteiger partial charge >= 0.3 is 0 Å².